The summed E-state index contributed by atoms with van der Waals surface area (Å²) in [6.07, 6.45) is 0. The number of nitrogens with zero attached hydrogens (tertiary/aromatic N) is 2. The highest BCUT2D eigenvalue weighted by atomic mass is 79.9. The summed E-state index contributed by atoms with van der Waals surface area (Å²) in [7, 11) is 3.15. The standard InChI is InChI=1S/C15H18BrN3O2/c1-10(11-4-6-12(16)7-5-11)17-9-13-8-14(20)19(3)15(21)18(13)2/h4-8,10,17H,9H2,1-3H3. The van der Waals surface area contributed by atoms with E-state index in [1.807, 2.05) is 31.2 Å². The fourth-order valence-corrected chi connectivity index (χ4v) is 2.34. The van der Waals surface area contributed by atoms with E-state index in [-0.39, 0.29) is 17.3 Å². The molecular weight excluding hydrogens is 334 g/mol. The van der Waals surface area contributed by atoms with Gasteiger partial charge in [0, 0.05) is 42.9 Å². The summed E-state index contributed by atoms with van der Waals surface area (Å²) in [5, 5.41) is 3.33. The van der Waals surface area contributed by atoms with Gasteiger partial charge < -0.3 is 5.32 Å². The van der Waals surface area contributed by atoms with Crippen LogP contribution < -0.4 is 16.6 Å². The lowest BCUT2D eigenvalue weighted by atomic mass is 10.1. The molecular formula is C15H18BrN3O2. The van der Waals surface area contributed by atoms with E-state index in [1.165, 1.54) is 17.7 Å². The van der Waals surface area contributed by atoms with E-state index in [4.69, 9.17) is 0 Å². The monoisotopic (exact) mass is 351 g/mol. The first-order valence-electron chi connectivity index (χ1n) is 6.65. The molecule has 0 saturated carbocycles. The minimum Gasteiger partial charge on any atom is -0.305 e. The van der Waals surface area contributed by atoms with E-state index >= 15 is 0 Å². The molecule has 0 amide bonds. The molecule has 1 aromatic carbocycles. The van der Waals surface area contributed by atoms with Gasteiger partial charge in [0.2, 0.25) is 0 Å². The number of rotatable bonds is 4. The molecule has 5 nitrogen and oxygen atoms in total. The van der Waals surface area contributed by atoms with E-state index in [1.54, 1.807) is 7.05 Å². The van der Waals surface area contributed by atoms with E-state index in [9.17, 15) is 9.59 Å². The Morgan fingerprint density at radius 2 is 1.76 bits per heavy atom. The maximum atomic E-state index is 11.9. The number of aromatic nitrogens is 2. The molecule has 6 heteroatoms. The summed E-state index contributed by atoms with van der Waals surface area (Å²) in [6, 6.07) is 9.65. The molecule has 0 radical (unpaired) electrons. The minimum atomic E-state index is -0.310. The van der Waals surface area contributed by atoms with Crippen LogP contribution in [-0.2, 0) is 20.6 Å². The molecule has 1 aromatic heterocycles. The molecule has 0 aliphatic rings. The first-order valence-corrected chi connectivity index (χ1v) is 7.44. The number of halogens is 1. The van der Waals surface area contributed by atoms with Gasteiger partial charge in [-0.15, -0.1) is 0 Å². The molecule has 1 heterocycles. The summed E-state index contributed by atoms with van der Waals surface area (Å²) >= 11 is 3.41. The van der Waals surface area contributed by atoms with Gasteiger partial charge in [-0.25, -0.2) is 4.79 Å². The molecule has 1 N–H and O–H groups in total. The van der Waals surface area contributed by atoms with E-state index in [0.29, 0.717) is 12.2 Å². The largest absolute Gasteiger partial charge is 0.330 e. The molecule has 0 fully saturated rings. The van der Waals surface area contributed by atoms with Gasteiger partial charge in [0.1, 0.15) is 0 Å². The molecule has 0 aliphatic heterocycles. The van der Waals surface area contributed by atoms with Gasteiger partial charge in [0.25, 0.3) is 5.56 Å². The topological polar surface area (TPSA) is 56.0 Å². The zero-order valence-corrected chi connectivity index (χ0v) is 13.8. The lowest BCUT2D eigenvalue weighted by Gasteiger charge is -2.16. The third kappa shape index (κ3) is 3.51. The van der Waals surface area contributed by atoms with Crippen molar-refractivity contribution in [3.63, 3.8) is 0 Å². The second-order valence-corrected chi connectivity index (χ2v) is 5.94. The molecule has 2 aromatic rings. The Kier molecular flexibility index (Phi) is 4.80. The van der Waals surface area contributed by atoms with Crippen molar-refractivity contribution in [3.05, 3.63) is 66.9 Å². The van der Waals surface area contributed by atoms with Crippen LogP contribution in [0.1, 0.15) is 24.2 Å². The summed E-state index contributed by atoms with van der Waals surface area (Å²) in [4.78, 5) is 23.5. The van der Waals surface area contributed by atoms with Crippen molar-refractivity contribution < 1.29 is 0 Å². The molecule has 0 spiro atoms. The summed E-state index contributed by atoms with van der Waals surface area (Å²) in [5.41, 5.74) is 1.22. The van der Waals surface area contributed by atoms with Crippen molar-refractivity contribution >= 4 is 15.9 Å². The Balaban J connectivity index is 2.15. The van der Waals surface area contributed by atoms with Crippen molar-refractivity contribution in [2.45, 2.75) is 19.5 Å². The van der Waals surface area contributed by atoms with Crippen molar-refractivity contribution in [1.29, 1.82) is 0 Å². The fraction of sp³-hybridized carbons (Fsp3) is 0.333. The quantitative estimate of drug-likeness (QED) is 0.911. The smallest absolute Gasteiger partial charge is 0.305 e. The predicted octanol–water partition coefficient (Wildman–Crippen LogP) is 1.70. The van der Waals surface area contributed by atoms with Crippen LogP contribution in [0.3, 0.4) is 0 Å². The maximum absolute atomic E-state index is 11.9. The van der Waals surface area contributed by atoms with Gasteiger partial charge in [-0.1, -0.05) is 28.1 Å². The molecule has 1 unspecified atom stereocenters. The maximum Gasteiger partial charge on any atom is 0.330 e. The Labute approximate surface area is 131 Å². The zero-order valence-electron chi connectivity index (χ0n) is 12.3. The molecule has 1 atom stereocenters. The Morgan fingerprint density at radius 3 is 2.38 bits per heavy atom. The third-order valence-electron chi connectivity index (χ3n) is 3.58. The average molecular weight is 352 g/mol. The number of nitrogens with one attached hydrogen (secondary N) is 1. The lowest BCUT2D eigenvalue weighted by molar-refractivity contribution is 0.540. The van der Waals surface area contributed by atoms with Crippen molar-refractivity contribution in [3.8, 4) is 0 Å². The second kappa shape index (κ2) is 6.41. The Bertz CT molecular complexity index is 747. The average Bonchev–Trinajstić information content (AvgIpc) is 2.48. The Hall–Kier alpha value is -1.66. The second-order valence-electron chi connectivity index (χ2n) is 5.03. The normalized spacial score (nSPS) is 12.4. The molecule has 0 bridgehead atoms. The Morgan fingerprint density at radius 1 is 1.14 bits per heavy atom. The molecule has 0 aliphatic carbocycles. The van der Waals surface area contributed by atoms with Crippen molar-refractivity contribution in [2.75, 3.05) is 0 Å². The van der Waals surface area contributed by atoms with Crippen molar-refractivity contribution in [1.82, 2.24) is 14.5 Å². The third-order valence-corrected chi connectivity index (χ3v) is 4.11. The van der Waals surface area contributed by atoms with Gasteiger partial charge in [0.15, 0.2) is 0 Å². The molecule has 112 valence electrons. The lowest BCUT2D eigenvalue weighted by Crippen LogP contribution is -2.39. The molecule has 21 heavy (non-hydrogen) atoms. The van der Waals surface area contributed by atoms with Crippen LogP contribution in [0, 0.1) is 0 Å². The highest BCUT2D eigenvalue weighted by molar-refractivity contribution is 9.10. The highest BCUT2D eigenvalue weighted by Gasteiger charge is 2.09. The fourth-order valence-electron chi connectivity index (χ4n) is 2.07. The van der Waals surface area contributed by atoms with Gasteiger partial charge in [0.05, 0.1) is 0 Å². The molecule has 2 rings (SSSR count). The van der Waals surface area contributed by atoms with Crippen LogP contribution in [0.15, 0.2) is 44.4 Å². The van der Waals surface area contributed by atoms with Gasteiger partial charge in [-0.05, 0) is 24.6 Å². The van der Waals surface area contributed by atoms with E-state index in [2.05, 4.69) is 21.2 Å². The van der Waals surface area contributed by atoms with Crippen LogP contribution in [0.4, 0.5) is 0 Å². The number of benzene rings is 1. The summed E-state index contributed by atoms with van der Waals surface area (Å²) < 4.78 is 3.62. The van der Waals surface area contributed by atoms with Crippen LogP contribution in [0.2, 0.25) is 0 Å². The SMILES string of the molecule is CC(NCc1cc(=O)n(C)c(=O)n1C)c1ccc(Br)cc1. The number of hydrogen-bond acceptors (Lipinski definition) is 3. The number of hydrogen-bond donors (Lipinski definition) is 1. The zero-order chi connectivity index (χ0) is 15.6. The first kappa shape index (κ1) is 15.7. The van der Waals surface area contributed by atoms with Crippen LogP contribution in [0.25, 0.3) is 0 Å². The minimum absolute atomic E-state index is 0.122. The van der Waals surface area contributed by atoms with Crippen molar-refractivity contribution in [2.24, 2.45) is 14.1 Å². The summed E-state index contributed by atoms with van der Waals surface area (Å²) in [5.74, 6) is 0. The predicted molar refractivity (Wildman–Crippen MR) is 86.3 cm³/mol. The van der Waals surface area contributed by atoms with Crippen LogP contribution in [-0.4, -0.2) is 9.13 Å². The van der Waals surface area contributed by atoms with Gasteiger partial charge in [-0.2, -0.15) is 0 Å². The van der Waals surface area contributed by atoms with Crippen LogP contribution >= 0.6 is 15.9 Å². The first-order chi connectivity index (χ1) is 9.90. The molecule has 0 saturated heterocycles. The van der Waals surface area contributed by atoms with Gasteiger partial charge in [-0.3, -0.25) is 13.9 Å². The van der Waals surface area contributed by atoms with Crippen LogP contribution in [0.5, 0.6) is 0 Å². The van der Waals surface area contributed by atoms with Gasteiger partial charge >= 0.3 is 5.69 Å². The highest BCUT2D eigenvalue weighted by Crippen LogP contribution is 2.16. The van der Waals surface area contributed by atoms with E-state index in [0.717, 1.165) is 14.6 Å². The van der Waals surface area contributed by atoms with E-state index < -0.39 is 0 Å². The summed E-state index contributed by atoms with van der Waals surface area (Å²) in [6.45, 7) is 2.50.